The summed E-state index contributed by atoms with van der Waals surface area (Å²) < 4.78 is 0. The molecule has 20 heavy (non-hydrogen) atoms. The van der Waals surface area contributed by atoms with Gasteiger partial charge in [-0.05, 0) is 0 Å². The van der Waals surface area contributed by atoms with E-state index in [1.54, 1.807) is 24.3 Å². The molecule has 3 aliphatic rings. The Morgan fingerprint density at radius 2 is 1.90 bits per heavy atom. The van der Waals surface area contributed by atoms with Crippen molar-refractivity contribution in [1.29, 1.82) is 0 Å². The standard InChI is InChI=1S/C14H14N2O4/c17-13(18)7-3-1-5-9-11(7)16-10-6-2-4-8(14(19)20)12(10)15-9/h1-4,7-8,11,16H,5-6H2,(H,17,18)(H,19,20)/p-2/t7-,8-,11+/m1/s1. The van der Waals surface area contributed by atoms with Crippen molar-refractivity contribution in [2.24, 2.45) is 16.8 Å². The van der Waals surface area contributed by atoms with Gasteiger partial charge < -0.3 is 25.1 Å². The number of fused-ring (bicyclic) bond motifs is 1. The maximum atomic E-state index is 11.2. The second-order valence-corrected chi connectivity index (χ2v) is 5.00. The lowest BCUT2D eigenvalue weighted by Crippen LogP contribution is -2.52. The van der Waals surface area contributed by atoms with E-state index in [-0.39, 0.29) is 0 Å². The van der Waals surface area contributed by atoms with E-state index in [4.69, 9.17) is 0 Å². The van der Waals surface area contributed by atoms with Crippen molar-refractivity contribution in [3.63, 3.8) is 0 Å². The number of carboxylic acids is 2. The van der Waals surface area contributed by atoms with Crippen molar-refractivity contribution >= 4 is 17.7 Å². The third kappa shape index (κ3) is 1.93. The molecule has 0 saturated heterocycles. The Morgan fingerprint density at radius 1 is 1.15 bits per heavy atom. The van der Waals surface area contributed by atoms with Gasteiger partial charge in [-0.25, -0.2) is 0 Å². The molecule has 0 radical (unpaired) electrons. The zero-order chi connectivity index (χ0) is 14.3. The lowest BCUT2D eigenvalue weighted by Gasteiger charge is -2.38. The van der Waals surface area contributed by atoms with Crippen molar-refractivity contribution in [2.75, 3.05) is 0 Å². The van der Waals surface area contributed by atoms with E-state index in [9.17, 15) is 19.8 Å². The van der Waals surface area contributed by atoms with Gasteiger partial charge in [0.05, 0.1) is 29.6 Å². The van der Waals surface area contributed by atoms with Gasteiger partial charge in [0.15, 0.2) is 0 Å². The van der Waals surface area contributed by atoms with Crippen LogP contribution in [0, 0.1) is 11.8 Å². The summed E-state index contributed by atoms with van der Waals surface area (Å²) >= 11 is 0. The maximum absolute atomic E-state index is 11.2. The molecule has 1 heterocycles. The summed E-state index contributed by atoms with van der Waals surface area (Å²) in [6.45, 7) is 0. The molecule has 3 rings (SSSR count). The third-order valence-corrected chi connectivity index (χ3v) is 3.76. The van der Waals surface area contributed by atoms with Crippen molar-refractivity contribution in [3.8, 4) is 0 Å². The largest absolute Gasteiger partial charge is 0.549 e. The van der Waals surface area contributed by atoms with E-state index in [0.717, 1.165) is 0 Å². The van der Waals surface area contributed by atoms with Crippen molar-refractivity contribution in [3.05, 3.63) is 35.7 Å². The molecule has 0 aromatic heterocycles. The van der Waals surface area contributed by atoms with Crippen LogP contribution >= 0.6 is 0 Å². The normalized spacial score (nSPS) is 31.0. The number of allylic oxidation sites excluding steroid dienone is 2. The first-order valence-corrected chi connectivity index (χ1v) is 6.40. The Kier molecular flexibility index (Phi) is 2.93. The van der Waals surface area contributed by atoms with Gasteiger partial charge >= 0.3 is 0 Å². The first kappa shape index (κ1) is 12.7. The molecule has 3 atom stereocenters. The smallest absolute Gasteiger partial charge is 0.0761 e. The zero-order valence-electron chi connectivity index (χ0n) is 10.5. The second-order valence-electron chi connectivity index (χ2n) is 5.00. The quantitative estimate of drug-likeness (QED) is 0.601. The van der Waals surface area contributed by atoms with E-state index < -0.39 is 29.8 Å². The Balaban J connectivity index is 1.97. The number of aliphatic imine (C=N–C) groups is 1. The molecule has 2 aliphatic carbocycles. The minimum Gasteiger partial charge on any atom is -0.549 e. The van der Waals surface area contributed by atoms with Crippen molar-refractivity contribution < 1.29 is 19.8 Å². The highest BCUT2D eigenvalue weighted by atomic mass is 16.4. The highest BCUT2D eigenvalue weighted by molar-refractivity contribution is 5.98. The van der Waals surface area contributed by atoms with Gasteiger partial charge in [-0.2, -0.15) is 0 Å². The van der Waals surface area contributed by atoms with Crippen LogP contribution in [0.3, 0.4) is 0 Å². The number of rotatable bonds is 2. The summed E-state index contributed by atoms with van der Waals surface area (Å²) in [6.07, 6.45) is 7.59. The van der Waals surface area contributed by atoms with Gasteiger partial charge in [-0.15, -0.1) is 0 Å². The molecule has 0 unspecified atom stereocenters. The molecule has 6 heteroatoms. The van der Waals surface area contributed by atoms with Gasteiger partial charge in [0.2, 0.25) is 0 Å². The Bertz CT molecular complexity index is 600. The SMILES string of the molecule is O=C([O-])[C@@H]1C=CCC2=C1N=C1CC=C[C@@H](C(=O)[O-])[C@@H]1N2. The molecule has 6 nitrogen and oxygen atoms in total. The number of hydrogen-bond acceptors (Lipinski definition) is 6. The van der Waals surface area contributed by atoms with Crippen molar-refractivity contribution in [1.82, 2.24) is 5.32 Å². The number of hydrogen-bond donors (Lipinski definition) is 1. The predicted molar refractivity (Wildman–Crippen MR) is 65.9 cm³/mol. The number of carbonyl (C=O) groups is 2. The Morgan fingerprint density at radius 3 is 2.60 bits per heavy atom. The van der Waals surface area contributed by atoms with E-state index in [2.05, 4.69) is 10.3 Å². The molecule has 0 fully saturated rings. The van der Waals surface area contributed by atoms with Crippen LogP contribution in [-0.2, 0) is 9.59 Å². The van der Waals surface area contributed by atoms with E-state index in [0.29, 0.717) is 29.9 Å². The number of aliphatic carboxylic acids is 2. The van der Waals surface area contributed by atoms with Crippen LogP contribution in [0.5, 0.6) is 0 Å². The van der Waals surface area contributed by atoms with E-state index in [1.807, 2.05) is 0 Å². The highest BCUT2D eigenvalue weighted by Gasteiger charge is 2.34. The highest BCUT2D eigenvalue weighted by Crippen LogP contribution is 2.31. The van der Waals surface area contributed by atoms with Crippen LogP contribution in [0.4, 0.5) is 0 Å². The Labute approximate surface area is 115 Å². The number of nitrogens with one attached hydrogen (secondary N) is 1. The van der Waals surface area contributed by atoms with Crippen LogP contribution in [0.15, 0.2) is 40.7 Å². The summed E-state index contributed by atoms with van der Waals surface area (Å²) in [5.41, 5.74) is 1.70. The molecular formula is C14H12N2O4-2. The van der Waals surface area contributed by atoms with Crippen LogP contribution in [-0.4, -0.2) is 23.7 Å². The molecule has 0 saturated carbocycles. The monoisotopic (exact) mass is 272 g/mol. The fourth-order valence-electron chi connectivity index (χ4n) is 2.79. The summed E-state index contributed by atoms with van der Waals surface area (Å²) in [5, 5.41) is 25.4. The lowest BCUT2D eigenvalue weighted by molar-refractivity contribution is -0.311. The molecule has 1 N–H and O–H groups in total. The summed E-state index contributed by atoms with van der Waals surface area (Å²) in [6, 6.07) is -0.461. The number of nitrogens with zero attached hydrogens (tertiary/aromatic N) is 1. The molecule has 0 spiro atoms. The fourth-order valence-corrected chi connectivity index (χ4v) is 2.79. The first-order chi connectivity index (χ1) is 9.58. The minimum atomic E-state index is -1.21. The Hall–Kier alpha value is -2.37. The molecule has 0 aromatic rings. The molecule has 1 aliphatic heterocycles. The molecule has 0 bridgehead atoms. The van der Waals surface area contributed by atoms with Gasteiger partial charge in [0, 0.05) is 30.2 Å². The fraction of sp³-hybridized carbons (Fsp3) is 0.357. The predicted octanol–water partition coefficient (Wildman–Crippen LogP) is -1.74. The van der Waals surface area contributed by atoms with Gasteiger partial charge in [0.25, 0.3) is 0 Å². The maximum Gasteiger partial charge on any atom is 0.0761 e. The van der Waals surface area contributed by atoms with Crippen LogP contribution < -0.4 is 15.5 Å². The first-order valence-electron chi connectivity index (χ1n) is 6.40. The summed E-state index contributed by atoms with van der Waals surface area (Å²) in [7, 11) is 0. The van der Waals surface area contributed by atoms with E-state index in [1.165, 1.54) is 0 Å². The van der Waals surface area contributed by atoms with Crippen LogP contribution in [0.25, 0.3) is 0 Å². The average molecular weight is 272 g/mol. The van der Waals surface area contributed by atoms with Crippen molar-refractivity contribution in [2.45, 2.75) is 18.9 Å². The van der Waals surface area contributed by atoms with Crippen LogP contribution in [0.2, 0.25) is 0 Å². The second kappa shape index (κ2) is 4.63. The van der Waals surface area contributed by atoms with Gasteiger partial charge in [0.1, 0.15) is 0 Å². The summed E-state index contributed by atoms with van der Waals surface area (Å²) in [4.78, 5) is 26.7. The third-order valence-electron chi connectivity index (χ3n) is 3.76. The molecular weight excluding hydrogens is 260 g/mol. The minimum absolute atomic E-state index is 0.422. The average Bonchev–Trinajstić information content (AvgIpc) is 2.43. The zero-order valence-corrected chi connectivity index (χ0v) is 10.5. The molecule has 104 valence electrons. The lowest BCUT2D eigenvalue weighted by atomic mass is 9.85. The van der Waals surface area contributed by atoms with Gasteiger partial charge in [-0.3, -0.25) is 4.99 Å². The number of carbonyl (C=O) groups excluding carboxylic acids is 2. The molecule has 0 amide bonds. The topological polar surface area (TPSA) is 105 Å². The van der Waals surface area contributed by atoms with E-state index >= 15 is 0 Å². The summed E-state index contributed by atoms with van der Waals surface area (Å²) in [5.74, 6) is -4.05. The van der Waals surface area contributed by atoms with Gasteiger partial charge in [-0.1, -0.05) is 24.3 Å². The molecule has 0 aromatic carbocycles. The van der Waals surface area contributed by atoms with Crippen LogP contribution in [0.1, 0.15) is 12.8 Å². The number of carboxylic acid groups (broad SMARTS) is 2.